The van der Waals surface area contributed by atoms with Crippen molar-refractivity contribution in [3.8, 4) is 0 Å². The molecule has 3 amide bonds. The average molecular weight is 219 g/mol. The highest BCUT2D eigenvalue weighted by molar-refractivity contribution is 6.21. The Labute approximate surface area is 93.6 Å². The Morgan fingerprint density at radius 1 is 1.25 bits per heavy atom. The molecular weight excluding hydrogens is 206 g/mol. The minimum atomic E-state index is -0.362. The van der Waals surface area contributed by atoms with E-state index in [0.29, 0.717) is 5.69 Å². The number of rotatable bonds is 2. The van der Waals surface area contributed by atoms with E-state index in [1.54, 1.807) is 12.1 Å². The van der Waals surface area contributed by atoms with Gasteiger partial charge in [-0.05, 0) is 12.1 Å². The molecule has 0 saturated carbocycles. The van der Waals surface area contributed by atoms with E-state index in [0.717, 1.165) is 5.69 Å². The molecule has 1 saturated heterocycles. The maximum atomic E-state index is 11.6. The number of nitrogens with zero attached hydrogens (tertiary/aromatic N) is 2. The Hall–Kier alpha value is -2.04. The van der Waals surface area contributed by atoms with Crippen LogP contribution in [-0.2, 0) is 4.79 Å². The number of hydrogen-bond acceptors (Lipinski definition) is 3. The van der Waals surface area contributed by atoms with Crippen molar-refractivity contribution in [1.29, 1.82) is 0 Å². The molecule has 0 aliphatic carbocycles. The number of carbonyl (C=O) groups excluding carboxylic acids is 2. The fourth-order valence-electron chi connectivity index (χ4n) is 1.70. The van der Waals surface area contributed by atoms with E-state index >= 15 is 0 Å². The zero-order valence-electron chi connectivity index (χ0n) is 9.23. The summed E-state index contributed by atoms with van der Waals surface area (Å²) >= 11 is 0. The van der Waals surface area contributed by atoms with Crippen LogP contribution in [0, 0.1) is 0 Å². The summed E-state index contributed by atoms with van der Waals surface area (Å²) in [6.45, 7) is 0.0700. The summed E-state index contributed by atoms with van der Waals surface area (Å²) < 4.78 is 0. The molecule has 0 spiro atoms. The molecule has 1 aliphatic rings. The summed E-state index contributed by atoms with van der Waals surface area (Å²) in [5.74, 6) is -0.223. The molecule has 0 aromatic heterocycles. The summed E-state index contributed by atoms with van der Waals surface area (Å²) in [6.07, 6.45) is 0. The molecule has 0 unspecified atom stereocenters. The van der Waals surface area contributed by atoms with Crippen LogP contribution < -0.4 is 15.1 Å². The molecule has 1 aromatic rings. The lowest BCUT2D eigenvalue weighted by Gasteiger charge is -2.21. The van der Waals surface area contributed by atoms with Crippen molar-refractivity contribution in [2.45, 2.75) is 0 Å². The first-order chi connectivity index (χ1) is 7.61. The lowest BCUT2D eigenvalue weighted by Crippen LogP contribution is -2.32. The maximum absolute atomic E-state index is 11.6. The van der Waals surface area contributed by atoms with Crippen molar-refractivity contribution >= 4 is 23.3 Å². The number of imide groups is 1. The van der Waals surface area contributed by atoms with Gasteiger partial charge < -0.3 is 10.2 Å². The van der Waals surface area contributed by atoms with Gasteiger partial charge in [0.15, 0.2) is 0 Å². The Balaban J connectivity index is 2.47. The molecule has 0 bridgehead atoms. The van der Waals surface area contributed by atoms with Gasteiger partial charge >= 0.3 is 6.03 Å². The Morgan fingerprint density at radius 2 is 1.94 bits per heavy atom. The van der Waals surface area contributed by atoms with Crippen molar-refractivity contribution in [3.05, 3.63) is 24.3 Å². The van der Waals surface area contributed by atoms with E-state index in [-0.39, 0.29) is 18.5 Å². The van der Waals surface area contributed by atoms with Gasteiger partial charge in [-0.1, -0.05) is 12.1 Å². The lowest BCUT2D eigenvalue weighted by atomic mass is 10.2. The molecule has 1 aliphatic heterocycles. The molecule has 1 N–H and O–H groups in total. The zero-order chi connectivity index (χ0) is 11.7. The molecule has 16 heavy (non-hydrogen) atoms. The van der Waals surface area contributed by atoms with Gasteiger partial charge in [-0.15, -0.1) is 0 Å². The topological polar surface area (TPSA) is 52.6 Å². The lowest BCUT2D eigenvalue weighted by molar-refractivity contribution is -0.115. The molecule has 1 fully saturated rings. The van der Waals surface area contributed by atoms with Gasteiger partial charge in [-0.25, -0.2) is 9.69 Å². The molecular formula is C11H13N3O2. The summed E-state index contributed by atoms with van der Waals surface area (Å²) in [6, 6.07) is 6.95. The van der Waals surface area contributed by atoms with Gasteiger partial charge in [-0.2, -0.15) is 0 Å². The quantitative estimate of drug-likeness (QED) is 0.749. The second kappa shape index (κ2) is 3.84. The number of benzene rings is 1. The minimum absolute atomic E-state index is 0.0700. The van der Waals surface area contributed by atoms with Crippen molar-refractivity contribution in [3.63, 3.8) is 0 Å². The van der Waals surface area contributed by atoms with Crippen molar-refractivity contribution in [2.24, 2.45) is 0 Å². The predicted octanol–water partition coefficient (Wildman–Crippen LogP) is 0.809. The number of para-hydroxylation sites is 2. The second-order valence-electron chi connectivity index (χ2n) is 3.77. The third kappa shape index (κ3) is 1.60. The van der Waals surface area contributed by atoms with Gasteiger partial charge in [0.05, 0.1) is 17.9 Å². The second-order valence-corrected chi connectivity index (χ2v) is 3.77. The van der Waals surface area contributed by atoms with Crippen LogP contribution in [0.25, 0.3) is 0 Å². The van der Waals surface area contributed by atoms with E-state index < -0.39 is 0 Å². The average Bonchev–Trinajstić information content (AvgIpc) is 2.58. The first-order valence-electron chi connectivity index (χ1n) is 4.98. The third-order valence-corrected chi connectivity index (χ3v) is 2.45. The largest absolute Gasteiger partial charge is 0.376 e. The van der Waals surface area contributed by atoms with Crippen LogP contribution in [0.3, 0.4) is 0 Å². The predicted molar refractivity (Wildman–Crippen MR) is 61.7 cm³/mol. The first kappa shape index (κ1) is 10.5. The number of amides is 3. The highest BCUT2D eigenvalue weighted by Crippen LogP contribution is 2.28. The number of nitrogens with one attached hydrogen (secondary N) is 1. The van der Waals surface area contributed by atoms with Crippen LogP contribution in [0.4, 0.5) is 16.2 Å². The summed E-state index contributed by atoms with van der Waals surface area (Å²) in [5, 5.41) is 2.50. The molecule has 2 rings (SSSR count). The fraction of sp³-hybridized carbons (Fsp3) is 0.273. The fourth-order valence-corrected chi connectivity index (χ4v) is 1.70. The highest BCUT2D eigenvalue weighted by Gasteiger charge is 2.31. The van der Waals surface area contributed by atoms with E-state index in [4.69, 9.17) is 0 Å². The van der Waals surface area contributed by atoms with Gasteiger partial charge in [0.2, 0.25) is 0 Å². The van der Waals surface area contributed by atoms with Crippen molar-refractivity contribution < 1.29 is 9.59 Å². The SMILES string of the molecule is CN(C)c1ccccc1N1C(=O)CNC1=O. The standard InChI is InChI=1S/C11H13N3O2/c1-13(2)8-5-3-4-6-9(8)14-10(15)7-12-11(14)16/h3-6H,7H2,1-2H3,(H,12,16). The molecule has 0 atom stereocenters. The number of hydrogen-bond donors (Lipinski definition) is 1. The summed E-state index contributed by atoms with van der Waals surface area (Å²) in [4.78, 5) is 26.2. The zero-order valence-corrected chi connectivity index (χ0v) is 9.23. The normalized spacial score (nSPS) is 15.2. The van der Waals surface area contributed by atoms with Crippen molar-refractivity contribution in [2.75, 3.05) is 30.4 Å². The Morgan fingerprint density at radius 3 is 2.50 bits per heavy atom. The molecule has 0 radical (unpaired) electrons. The van der Waals surface area contributed by atoms with E-state index in [1.165, 1.54) is 4.90 Å². The molecule has 1 aromatic carbocycles. The third-order valence-electron chi connectivity index (χ3n) is 2.45. The number of anilines is 2. The minimum Gasteiger partial charge on any atom is -0.376 e. The Kier molecular flexibility index (Phi) is 2.52. The number of carbonyl (C=O) groups is 2. The van der Waals surface area contributed by atoms with Gasteiger partial charge in [0, 0.05) is 14.1 Å². The van der Waals surface area contributed by atoms with Crippen LogP contribution in [0.2, 0.25) is 0 Å². The molecule has 84 valence electrons. The summed E-state index contributed by atoms with van der Waals surface area (Å²) in [7, 11) is 3.74. The monoisotopic (exact) mass is 219 g/mol. The maximum Gasteiger partial charge on any atom is 0.329 e. The van der Waals surface area contributed by atoms with E-state index in [9.17, 15) is 9.59 Å². The molecule has 5 heteroatoms. The van der Waals surface area contributed by atoms with Gasteiger partial charge in [0.1, 0.15) is 0 Å². The van der Waals surface area contributed by atoms with Gasteiger partial charge in [0.25, 0.3) is 5.91 Å². The highest BCUT2D eigenvalue weighted by atomic mass is 16.2. The van der Waals surface area contributed by atoms with Crippen LogP contribution >= 0.6 is 0 Å². The summed E-state index contributed by atoms with van der Waals surface area (Å²) in [5.41, 5.74) is 1.46. The molecule has 5 nitrogen and oxygen atoms in total. The Bertz CT molecular complexity index is 427. The van der Waals surface area contributed by atoms with E-state index in [2.05, 4.69) is 5.32 Å². The van der Waals surface area contributed by atoms with Gasteiger partial charge in [-0.3, -0.25) is 4.79 Å². The van der Waals surface area contributed by atoms with Crippen LogP contribution in [-0.4, -0.2) is 32.6 Å². The smallest absolute Gasteiger partial charge is 0.329 e. The molecule has 1 heterocycles. The van der Waals surface area contributed by atoms with Crippen LogP contribution in [0.15, 0.2) is 24.3 Å². The van der Waals surface area contributed by atoms with Crippen LogP contribution in [0.1, 0.15) is 0 Å². The first-order valence-corrected chi connectivity index (χ1v) is 4.98. The number of urea groups is 1. The van der Waals surface area contributed by atoms with Crippen LogP contribution in [0.5, 0.6) is 0 Å². The van der Waals surface area contributed by atoms with E-state index in [1.807, 2.05) is 31.1 Å². The van der Waals surface area contributed by atoms with Crippen molar-refractivity contribution in [1.82, 2.24) is 5.32 Å².